The first-order valence-corrected chi connectivity index (χ1v) is 7.45. The molecule has 1 aromatic rings. The quantitative estimate of drug-likeness (QED) is 0.821. The van der Waals surface area contributed by atoms with Gasteiger partial charge in [-0.15, -0.1) is 0 Å². The molecule has 1 aromatic carbocycles. The zero-order chi connectivity index (χ0) is 15.5. The van der Waals surface area contributed by atoms with E-state index in [2.05, 4.69) is 31.0 Å². The van der Waals surface area contributed by atoms with E-state index in [9.17, 15) is 4.79 Å². The fourth-order valence-corrected chi connectivity index (χ4v) is 2.92. The lowest BCUT2D eigenvalue weighted by Crippen LogP contribution is -2.41. The fourth-order valence-electron chi connectivity index (χ4n) is 2.92. The summed E-state index contributed by atoms with van der Waals surface area (Å²) in [6.45, 7) is 6.16. The van der Waals surface area contributed by atoms with Gasteiger partial charge in [-0.25, -0.2) is 0 Å². The first-order chi connectivity index (χ1) is 9.94. The molecular formula is C18H23NO2. The van der Waals surface area contributed by atoms with Crippen molar-refractivity contribution < 1.29 is 9.90 Å². The lowest BCUT2D eigenvalue weighted by atomic mass is 9.87. The van der Waals surface area contributed by atoms with Crippen LogP contribution in [0.2, 0.25) is 0 Å². The molecule has 0 spiro atoms. The Balaban J connectivity index is 2.23. The normalized spacial score (nSPS) is 19.7. The third-order valence-corrected chi connectivity index (χ3v) is 4.28. The van der Waals surface area contributed by atoms with Gasteiger partial charge in [-0.3, -0.25) is 4.79 Å². The minimum atomic E-state index is -0.204. The van der Waals surface area contributed by atoms with Crippen molar-refractivity contribution >= 4 is 5.91 Å². The van der Waals surface area contributed by atoms with Gasteiger partial charge in [-0.1, -0.05) is 38.2 Å². The molecule has 0 aliphatic heterocycles. The van der Waals surface area contributed by atoms with E-state index in [1.165, 1.54) is 0 Å². The van der Waals surface area contributed by atoms with Gasteiger partial charge in [0.05, 0.1) is 5.56 Å². The van der Waals surface area contributed by atoms with E-state index < -0.39 is 0 Å². The number of hydrogen-bond donors (Lipinski definition) is 2. The predicted molar refractivity (Wildman–Crippen MR) is 84.0 cm³/mol. The number of aryl methyl sites for hydroxylation is 1. The molecule has 1 aliphatic carbocycles. The summed E-state index contributed by atoms with van der Waals surface area (Å²) in [5.74, 6) is 5.42. The molecule has 112 valence electrons. The summed E-state index contributed by atoms with van der Waals surface area (Å²) < 4.78 is 0. The molecule has 0 radical (unpaired) electrons. The van der Waals surface area contributed by atoms with Crippen LogP contribution in [0.5, 0.6) is 0 Å². The zero-order valence-electron chi connectivity index (χ0n) is 13.0. The van der Waals surface area contributed by atoms with E-state index in [1.807, 2.05) is 25.1 Å². The molecule has 3 heteroatoms. The Labute approximate surface area is 126 Å². The van der Waals surface area contributed by atoms with Crippen LogP contribution >= 0.6 is 0 Å². The minimum absolute atomic E-state index is 0.0720. The smallest absolute Gasteiger partial charge is 0.252 e. The van der Waals surface area contributed by atoms with E-state index >= 15 is 0 Å². The van der Waals surface area contributed by atoms with Gasteiger partial charge in [-0.2, -0.15) is 0 Å². The summed E-state index contributed by atoms with van der Waals surface area (Å²) in [5, 5.41) is 12.0. The Morgan fingerprint density at radius 2 is 2.24 bits per heavy atom. The highest BCUT2D eigenvalue weighted by molar-refractivity contribution is 5.97. The van der Waals surface area contributed by atoms with Crippen molar-refractivity contribution in [1.29, 1.82) is 0 Å². The van der Waals surface area contributed by atoms with Gasteiger partial charge >= 0.3 is 0 Å². The fraction of sp³-hybridized carbons (Fsp3) is 0.500. The highest BCUT2D eigenvalue weighted by atomic mass is 16.2. The summed E-state index contributed by atoms with van der Waals surface area (Å²) >= 11 is 0. The average Bonchev–Trinajstić information content (AvgIpc) is 2.75. The van der Waals surface area contributed by atoms with Crippen LogP contribution in [0, 0.1) is 24.2 Å². The second-order valence-electron chi connectivity index (χ2n) is 6.42. The van der Waals surface area contributed by atoms with E-state index in [-0.39, 0.29) is 24.0 Å². The number of amides is 1. The van der Waals surface area contributed by atoms with Crippen LogP contribution in [0.1, 0.15) is 54.6 Å². The number of hydrogen-bond acceptors (Lipinski definition) is 2. The largest absolute Gasteiger partial charge is 0.384 e. The second kappa shape index (κ2) is 6.32. The number of carbonyl (C=O) groups excluding carboxylic acids is 1. The maximum absolute atomic E-state index is 12.5. The van der Waals surface area contributed by atoms with E-state index in [1.54, 1.807) is 0 Å². The third kappa shape index (κ3) is 3.65. The first-order valence-electron chi connectivity index (χ1n) is 7.45. The average molecular weight is 285 g/mol. The number of benzene rings is 1. The molecule has 0 heterocycles. The van der Waals surface area contributed by atoms with Crippen molar-refractivity contribution in [2.24, 2.45) is 5.41 Å². The van der Waals surface area contributed by atoms with Crippen molar-refractivity contribution in [2.75, 3.05) is 6.61 Å². The molecule has 1 fully saturated rings. The summed E-state index contributed by atoms with van der Waals surface area (Å²) in [6, 6.07) is 5.83. The van der Waals surface area contributed by atoms with Gasteiger partial charge in [0.1, 0.15) is 6.61 Å². The maximum Gasteiger partial charge on any atom is 0.252 e. The van der Waals surface area contributed by atoms with E-state index in [0.717, 1.165) is 24.8 Å². The molecule has 1 saturated carbocycles. The minimum Gasteiger partial charge on any atom is -0.384 e. The molecule has 0 aromatic heterocycles. The van der Waals surface area contributed by atoms with Gasteiger partial charge in [0.15, 0.2) is 0 Å². The van der Waals surface area contributed by atoms with Gasteiger partial charge < -0.3 is 10.4 Å². The SMILES string of the molecule is Cc1ccc(C(=O)NC2CCCC2(C)C)c(C#CCO)c1. The standard InChI is InChI=1S/C18H23NO2/c1-13-8-9-15(14(12-13)6-5-11-20)17(21)19-16-7-4-10-18(16,2)3/h8-9,12,16,20H,4,7,10-11H2,1-3H3,(H,19,21). The highest BCUT2D eigenvalue weighted by Gasteiger charge is 2.35. The van der Waals surface area contributed by atoms with Crippen molar-refractivity contribution in [3.8, 4) is 11.8 Å². The molecular weight excluding hydrogens is 262 g/mol. The van der Waals surface area contributed by atoms with Crippen LogP contribution in [0.3, 0.4) is 0 Å². The third-order valence-electron chi connectivity index (χ3n) is 4.28. The van der Waals surface area contributed by atoms with E-state index in [0.29, 0.717) is 11.1 Å². The molecule has 0 saturated heterocycles. The van der Waals surface area contributed by atoms with Crippen LogP contribution in [0.4, 0.5) is 0 Å². The van der Waals surface area contributed by atoms with Gasteiger partial charge in [0.25, 0.3) is 5.91 Å². The van der Waals surface area contributed by atoms with Gasteiger partial charge in [-0.05, 0) is 42.9 Å². The Bertz CT molecular complexity index is 593. The molecule has 21 heavy (non-hydrogen) atoms. The Morgan fingerprint density at radius 3 is 2.86 bits per heavy atom. The molecule has 0 bridgehead atoms. The molecule has 2 N–H and O–H groups in total. The molecule has 2 rings (SSSR count). The summed E-state index contributed by atoms with van der Waals surface area (Å²) in [5.41, 5.74) is 2.47. The Kier molecular flexibility index (Phi) is 4.69. The predicted octanol–water partition coefficient (Wildman–Crippen LogP) is 2.65. The number of carbonyl (C=O) groups is 1. The van der Waals surface area contributed by atoms with Crippen molar-refractivity contribution in [3.63, 3.8) is 0 Å². The van der Waals surface area contributed by atoms with E-state index in [4.69, 9.17) is 5.11 Å². The van der Waals surface area contributed by atoms with Crippen molar-refractivity contribution in [3.05, 3.63) is 34.9 Å². The zero-order valence-corrected chi connectivity index (χ0v) is 13.0. The Morgan fingerprint density at radius 1 is 1.48 bits per heavy atom. The van der Waals surface area contributed by atoms with Crippen LogP contribution in [0.15, 0.2) is 18.2 Å². The molecule has 1 aliphatic rings. The number of aliphatic hydroxyl groups excluding tert-OH is 1. The van der Waals surface area contributed by atoms with Crippen LogP contribution in [-0.4, -0.2) is 23.7 Å². The highest BCUT2D eigenvalue weighted by Crippen LogP contribution is 2.37. The lowest BCUT2D eigenvalue weighted by molar-refractivity contribution is 0.0910. The number of rotatable bonds is 2. The van der Waals surface area contributed by atoms with Crippen LogP contribution in [0.25, 0.3) is 0 Å². The maximum atomic E-state index is 12.5. The summed E-state index contributed by atoms with van der Waals surface area (Å²) in [4.78, 5) is 12.5. The molecule has 3 nitrogen and oxygen atoms in total. The van der Waals surface area contributed by atoms with Crippen molar-refractivity contribution in [2.45, 2.75) is 46.1 Å². The summed E-state index contributed by atoms with van der Waals surface area (Å²) in [7, 11) is 0. The number of aliphatic hydroxyl groups is 1. The second-order valence-corrected chi connectivity index (χ2v) is 6.42. The first kappa shape index (κ1) is 15.6. The lowest BCUT2D eigenvalue weighted by Gasteiger charge is -2.28. The number of nitrogens with one attached hydrogen (secondary N) is 1. The topological polar surface area (TPSA) is 49.3 Å². The summed E-state index contributed by atoms with van der Waals surface area (Å²) in [6.07, 6.45) is 3.33. The Hall–Kier alpha value is -1.79. The van der Waals surface area contributed by atoms with Gasteiger partial charge in [0.2, 0.25) is 0 Å². The van der Waals surface area contributed by atoms with Gasteiger partial charge in [0, 0.05) is 11.6 Å². The molecule has 1 unspecified atom stereocenters. The van der Waals surface area contributed by atoms with Crippen LogP contribution in [-0.2, 0) is 0 Å². The van der Waals surface area contributed by atoms with Crippen molar-refractivity contribution in [1.82, 2.24) is 5.32 Å². The monoisotopic (exact) mass is 285 g/mol. The molecule has 1 atom stereocenters. The van der Waals surface area contributed by atoms with Crippen LogP contribution < -0.4 is 5.32 Å². The molecule has 1 amide bonds.